The molecule has 2 aromatic rings. The predicted octanol–water partition coefficient (Wildman–Crippen LogP) is 3.80. The van der Waals surface area contributed by atoms with E-state index < -0.39 is 35.6 Å². The van der Waals surface area contributed by atoms with Crippen LogP contribution in [0.25, 0.3) is 0 Å². The summed E-state index contributed by atoms with van der Waals surface area (Å²) in [5, 5.41) is 10.2. The minimum Gasteiger partial charge on any atom is -0.394 e. The molecule has 216 valence electrons. The van der Waals surface area contributed by atoms with Gasteiger partial charge in [0.25, 0.3) is 5.91 Å². The van der Waals surface area contributed by atoms with E-state index in [1.807, 2.05) is 62.4 Å². The van der Waals surface area contributed by atoms with E-state index in [2.05, 4.69) is 13.2 Å². The molecule has 41 heavy (non-hydrogen) atoms. The second kappa shape index (κ2) is 11.3. The second-order valence-corrected chi connectivity index (χ2v) is 11.4. The summed E-state index contributed by atoms with van der Waals surface area (Å²) in [7, 11) is 0. The average Bonchev–Trinajstić information content (AvgIpc) is 3.62. The van der Waals surface area contributed by atoms with Crippen LogP contribution in [0.4, 0.5) is 11.4 Å². The Morgan fingerprint density at radius 3 is 2.29 bits per heavy atom. The summed E-state index contributed by atoms with van der Waals surface area (Å²) in [4.78, 5) is 48.1. The molecule has 6 atom stereocenters. The molecule has 0 aromatic heterocycles. The Morgan fingerprint density at radius 1 is 1.05 bits per heavy atom. The van der Waals surface area contributed by atoms with Gasteiger partial charge in [0, 0.05) is 24.5 Å². The molecule has 3 fully saturated rings. The van der Waals surface area contributed by atoms with E-state index in [4.69, 9.17) is 4.74 Å². The van der Waals surface area contributed by atoms with Gasteiger partial charge in [0.1, 0.15) is 11.6 Å². The third-order valence-corrected chi connectivity index (χ3v) is 8.93. The highest BCUT2D eigenvalue weighted by atomic mass is 16.5. The first-order valence-corrected chi connectivity index (χ1v) is 14.3. The molecule has 1 spiro atoms. The molecule has 8 nitrogen and oxygen atoms in total. The summed E-state index contributed by atoms with van der Waals surface area (Å²) in [5.41, 5.74) is 2.15. The van der Waals surface area contributed by atoms with Crippen LogP contribution >= 0.6 is 0 Å². The quantitative estimate of drug-likeness (QED) is 0.449. The number of rotatable bonds is 10. The molecule has 8 heteroatoms. The maximum Gasteiger partial charge on any atom is 0.253 e. The van der Waals surface area contributed by atoms with Gasteiger partial charge in [-0.25, -0.2) is 0 Å². The van der Waals surface area contributed by atoms with Gasteiger partial charge in [0.15, 0.2) is 0 Å². The average molecular weight is 558 g/mol. The zero-order valence-corrected chi connectivity index (χ0v) is 24.0. The Kier molecular flexibility index (Phi) is 7.90. The highest BCUT2D eigenvalue weighted by Gasteiger charge is 2.75. The first-order valence-electron chi connectivity index (χ1n) is 14.3. The van der Waals surface area contributed by atoms with Gasteiger partial charge in [-0.1, -0.05) is 48.6 Å². The van der Waals surface area contributed by atoms with Crippen LogP contribution in [0.5, 0.6) is 0 Å². The van der Waals surface area contributed by atoms with Crippen molar-refractivity contribution in [2.75, 3.05) is 29.5 Å². The monoisotopic (exact) mass is 557 g/mol. The van der Waals surface area contributed by atoms with Crippen molar-refractivity contribution < 1.29 is 24.2 Å². The van der Waals surface area contributed by atoms with Gasteiger partial charge in [-0.15, -0.1) is 13.2 Å². The molecule has 0 radical (unpaired) electrons. The van der Waals surface area contributed by atoms with E-state index in [0.717, 1.165) is 16.8 Å². The molecule has 0 aliphatic carbocycles. The van der Waals surface area contributed by atoms with Crippen LogP contribution in [-0.4, -0.2) is 71.2 Å². The lowest BCUT2D eigenvalue weighted by atomic mass is 9.70. The fourth-order valence-corrected chi connectivity index (χ4v) is 7.25. The molecule has 1 N–H and O–H groups in total. The standard InChI is InChI=1S/C33H39N3O5/c1-6-18-34(24-14-9-8-10-15-24)30(38)26-25-16-17-33(41-25)27(26)31(39)36(23(5)20-37)29(33)32(40)35(19-7-2)28-21(3)12-11-13-22(28)4/h6-15,23,25-27,29,37H,1-2,16-20H2,3-5H3/t23-,25+,26-,27+,29?,33?/m1/s1. The lowest BCUT2D eigenvalue weighted by Crippen LogP contribution is -2.58. The van der Waals surface area contributed by atoms with Gasteiger partial charge in [-0.3, -0.25) is 14.4 Å². The Labute approximate surface area is 241 Å². The number of aliphatic hydroxyl groups excluding tert-OH is 1. The first kappa shape index (κ1) is 28.8. The van der Waals surface area contributed by atoms with Crippen molar-refractivity contribution >= 4 is 29.1 Å². The molecule has 3 aliphatic rings. The summed E-state index contributed by atoms with van der Waals surface area (Å²) < 4.78 is 6.64. The number of aryl methyl sites for hydroxylation is 2. The highest BCUT2D eigenvalue weighted by Crippen LogP contribution is 2.59. The Balaban J connectivity index is 1.60. The minimum atomic E-state index is -1.17. The van der Waals surface area contributed by atoms with Crippen molar-refractivity contribution in [3.05, 3.63) is 85.0 Å². The van der Waals surface area contributed by atoms with Crippen LogP contribution < -0.4 is 9.80 Å². The molecule has 5 rings (SSSR count). The number of likely N-dealkylation sites (tertiary alicyclic amines) is 1. The van der Waals surface area contributed by atoms with Crippen molar-refractivity contribution in [2.24, 2.45) is 11.8 Å². The second-order valence-electron chi connectivity index (χ2n) is 11.4. The van der Waals surface area contributed by atoms with Gasteiger partial charge < -0.3 is 24.5 Å². The van der Waals surface area contributed by atoms with Crippen molar-refractivity contribution in [1.82, 2.24) is 4.90 Å². The number of hydrogen-bond donors (Lipinski definition) is 1. The number of carbonyl (C=O) groups excluding carboxylic acids is 3. The normalized spacial score (nSPS) is 26.9. The van der Waals surface area contributed by atoms with Crippen molar-refractivity contribution in [2.45, 2.75) is 57.4 Å². The van der Waals surface area contributed by atoms with E-state index in [1.165, 1.54) is 4.90 Å². The number of para-hydroxylation sites is 2. The van der Waals surface area contributed by atoms with Crippen molar-refractivity contribution in [3.63, 3.8) is 0 Å². The maximum atomic E-state index is 14.7. The van der Waals surface area contributed by atoms with Gasteiger partial charge in [-0.05, 0) is 56.9 Å². The number of hydrogen-bond acceptors (Lipinski definition) is 5. The lowest BCUT2D eigenvalue weighted by Gasteiger charge is -2.39. The zero-order valence-electron chi connectivity index (χ0n) is 24.0. The summed E-state index contributed by atoms with van der Waals surface area (Å²) in [6.07, 6.45) is 3.89. The smallest absolute Gasteiger partial charge is 0.253 e. The van der Waals surface area contributed by atoms with E-state index in [9.17, 15) is 19.5 Å². The summed E-state index contributed by atoms with van der Waals surface area (Å²) in [6.45, 7) is 13.5. The Hall–Kier alpha value is -3.75. The number of amides is 3. The van der Waals surface area contributed by atoms with Crippen molar-refractivity contribution in [3.8, 4) is 0 Å². The molecule has 3 saturated heterocycles. The number of anilines is 2. The number of ether oxygens (including phenoxy) is 1. The van der Waals surface area contributed by atoms with Crippen LogP contribution in [-0.2, 0) is 19.1 Å². The molecule has 3 aliphatic heterocycles. The predicted molar refractivity (Wildman–Crippen MR) is 158 cm³/mol. The van der Waals surface area contributed by atoms with Crippen molar-refractivity contribution in [1.29, 1.82) is 0 Å². The molecular formula is C33H39N3O5. The number of fused-ring (bicyclic) bond motifs is 1. The molecule has 2 unspecified atom stereocenters. The molecule has 3 amide bonds. The van der Waals surface area contributed by atoms with Gasteiger partial charge in [0.2, 0.25) is 11.8 Å². The fourth-order valence-electron chi connectivity index (χ4n) is 7.25. The number of benzene rings is 2. The third-order valence-electron chi connectivity index (χ3n) is 8.93. The van der Waals surface area contributed by atoms with E-state index in [1.54, 1.807) is 28.9 Å². The number of carbonyl (C=O) groups is 3. The van der Waals surface area contributed by atoms with Crippen LogP contribution in [0.1, 0.15) is 30.9 Å². The van der Waals surface area contributed by atoms with E-state index in [-0.39, 0.29) is 37.4 Å². The summed E-state index contributed by atoms with van der Waals surface area (Å²) >= 11 is 0. The van der Waals surface area contributed by atoms with Gasteiger partial charge in [-0.2, -0.15) is 0 Å². The Morgan fingerprint density at radius 2 is 1.68 bits per heavy atom. The molecule has 3 heterocycles. The highest BCUT2D eigenvalue weighted by molar-refractivity contribution is 6.07. The zero-order chi connectivity index (χ0) is 29.5. The largest absolute Gasteiger partial charge is 0.394 e. The van der Waals surface area contributed by atoms with E-state index >= 15 is 0 Å². The SMILES string of the molecule is C=CCN(C(=O)[C@@H]1[C@@H]2CCC3(O2)C(C(=O)N(CC=C)c2c(C)cccc2C)N([C@H](C)CO)C(=O)[C@H]13)c1ccccc1. The lowest BCUT2D eigenvalue weighted by molar-refractivity contribution is -0.143. The maximum absolute atomic E-state index is 14.7. The Bertz CT molecular complexity index is 1340. The van der Waals surface area contributed by atoms with Crippen LogP contribution in [0.2, 0.25) is 0 Å². The third kappa shape index (κ3) is 4.50. The molecule has 2 bridgehead atoms. The van der Waals surface area contributed by atoms with Crippen LogP contribution in [0, 0.1) is 25.7 Å². The van der Waals surface area contributed by atoms with Crippen LogP contribution in [0.3, 0.4) is 0 Å². The molecule has 2 aromatic carbocycles. The number of aliphatic hydroxyl groups is 1. The topological polar surface area (TPSA) is 90.4 Å². The first-order chi connectivity index (χ1) is 19.7. The number of nitrogens with zero attached hydrogens (tertiary/aromatic N) is 3. The molecule has 0 saturated carbocycles. The minimum absolute atomic E-state index is 0.219. The van der Waals surface area contributed by atoms with Gasteiger partial charge >= 0.3 is 0 Å². The van der Waals surface area contributed by atoms with Gasteiger partial charge in [0.05, 0.1) is 30.6 Å². The summed E-state index contributed by atoms with van der Waals surface area (Å²) in [6, 6.07) is 13.5. The van der Waals surface area contributed by atoms with Crippen LogP contribution in [0.15, 0.2) is 73.8 Å². The molecular weight excluding hydrogens is 518 g/mol. The fraction of sp³-hybridized carbons (Fsp3) is 0.424. The summed E-state index contributed by atoms with van der Waals surface area (Å²) in [5.74, 6) is -2.43. The van der Waals surface area contributed by atoms with E-state index in [0.29, 0.717) is 18.5 Å².